The van der Waals surface area contributed by atoms with Crippen molar-refractivity contribution in [1.29, 1.82) is 0 Å². The van der Waals surface area contributed by atoms with E-state index in [4.69, 9.17) is 37.0 Å². The summed E-state index contributed by atoms with van der Waals surface area (Å²) in [5.41, 5.74) is 0. The second-order valence-electron chi connectivity index (χ2n) is 28.9. The van der Waals surface area contributed by atoms with E-state index in [-0.39, 0.29) is 25.7 Å². The topological polar surface area (TPSA) is 237 Å². The first kappa shape index (κ1) is 98.0. The van der Waals surface area contributed by atoms with E-state index in [1.807, 2.05) is 0 Å². The van der Waals surface area contributed by atoms with Crippen LogP contribution in [0.1, 0.15) is 382 Å². The number of carbonyl (C=O) groups is 4. The largest absolute Gasteiger partial charge is 0.472 e. The molecule has 0 aliphatic heterocycles. The number of ether oxygens (including phenoxy) is 4. The molecule has 0 radical (unpaired) electrons. The molecule has 0 amide bonds. The van der Waals surface area contributed by atoms with Crippen LogP contribution in [0.25, 0.3) is 0 Å². The summed E-state index contributed by atoms with van der Waals surface area (Å²) < 4.78 is 68.6. The highest BCUT2D eigenvalue weighted by atomic mass is 31.2. The van der Waals surface area contributed by atoms with Gasteiger partial charge in [0.2, 0.25) is 0 Å². The molecule has 0 aliphatic carbocycles. The molecule has 101 heavy (non-hydrogen) atoms. The van der Waals surface area contributed by atoms with Crippen LogP contribution in [0.15, 0.2) is 48.6 Å². The second kappa shape index (κ2) is 72.6. The van der Waals surface area contributed by atoms with Gasteiger partial charge in [0.1, 0.15) is 19.3 Å². The lowest BCUT2D eigenvalue weighted by Gasteiger charge is -2.21. The highest BCUT2D eigenvalue weighted by molar-refractivity contribution is 7.47. The Labute approximate surface area is 617 Å². The van der Waals surface area contributed by atoms with Crippen molar-refractivity contribution in [3.63, 3.8) is 0 Å². The molecular formula is C82H152O17P2. The molecule has 0 saturated carbocycles. The number of phosphoric acid groups is 2. The van der Waals surface area contributed by atoms with Crippen molar-refractivity contribution in [3.8, 4) is 0 Å². The Balaban J connectivity index is 5.27. The molecule has 3 N–H and O–H groups in total. The van der Waals surface area contributed by atoms with E-state index in [1.54, 1.807) is 0 Å². The number of hydrogen-bond acceptors (Lipinski definition) is 15. The highest BCUT2D eigenvalue weighted by Gasteiger charge is 2.30. The van der Waals surface area contributed by atoms with Crippen LogP contribution in [-0.2, 0) is 65.4 Å². The molecular weight excluding hydrogens is 1320 g/mol. The summed E-state index contributed by atoms with van der Waals surface area (Å²) in [4.78, 5) is 73.0. The zero-order valence-corrected chi connectivity index (χ0v) is 67.0. The van der Waals surface area contributed by atoms with E-state index in [9.17, 15) is 43.2 Å². The van der Waals surface area contributed by atoms with Crippen LogP contribution in [0.2, 0.25) is 0 Å². The van der Waals surface area contributed by atoms with Crippen LogP contribution in [0.3, 0.4) is 0 Å². The van der Waals surface area contributed by atoms with Gasteiger partial charge in [0.05, 0.1) is 26.4 Å². The highest BCUT2D eigenvalue weighted by Crippen LogP contribution is 2.45. The SMILES string of the molecule is CCCCCC/C=C\C=C/CCCCCCCC(=O)O[C@H](COC(=O)CCCCCCCCCCCCCCCCCCCCC(C)C)COP(=O)(O)OC[C@@H](O)COP(=O)(O)OC[C@@H](COC(=O)CCCCCCCCC(C)CC)OC(=O)CCCCCCC/C=C\C=C/CCCCCC. The summed E-state index contributed by atoms with van der Waals surface area (Å²) >= 11 is 0. The van der Waals surface area contributed by atoms with E-state index >= 15 is 0 Å². The molecule has 17 nitrogen and oxygen atoms in total. The van der Waals surface area contributed by atoms with E-state index in [0.29, 0.717) is 25.7 Å². The summed E-state index contributed by atoms with van der Waals surface area (Å²) in [5.74, 6) is -0.625. The molecule has 0 aromatic carbocycles. The van der Waals surface area contributed by atoms with Crippen molar-refractivity contribution < 1.29 is 80.2 Å². The lowest BCUT2D eigenvalue weighted by molar-refractivity contribution is -0.161. The fraction of sp³-hybridized carbons (Fsp3) is 0.854. The number of carbonyl (C=O) groups excluding carboxylic acids is 4. The molecule has 0 aliphatic rings. The van der Waals surface area contributed by atoms with Gasteiger partial charge in [-0.3, -0.25) is 37.3 Å². The normalized spacial score (nSPS) is 14.5. The van der Waals surface area contributed by atoms with Crippen LogP contribution >= 0.6 is 15.6 Å². The van der Waals surface area contributed by atoms with Gasteiger partial charge in [0.25, 0.3) is 0 Å². The lowest BCUT2D eigenvalue weighted by Crippen LogP contribution is -2.30. The molecule has 0 aromatic rings. The standard InChI is InChI=1S/C82H152O17P2/c1-7-10-12-14-16-18-20-22-28-34-38-42-46-54-60-66-81(86)98-77(70-92-79(84)64-58-52-45-41-37-33-31-27-25-24-26-30-32-36-40-44-50-56-62-74(4)5)72-96-100(88,89)94-68-76(83)69-95-101(90,91)97-73-78(71-93-80(85)65-59-53-49-48-51-57-63-75(6)9-3)99-82(87)67-61-55-47-43-39-35-29-23-21-19-17-15-13-11-8-2/h18-23,28-29,74-78,83H,7-17,24-27,30-73H2,1-6H3,(H,88,89)(H,90,91)/b20-18-,21-19-,28-22-,29-23-/t75?,76-,77-,78-/m1/s1. The van der Waals surface area contributed by atoms with Gasteiger partial charge in [0, 0.05) is 25.7 Å². The maximum Gasteiger partial charge on any atom is 0.472 e. The molecule has 3 unspecified atom stereocenters. The van der Waals surface area contributed by atoms with Gasteiger partial charge in [-0.05, 0) is 88.9 Å². The van der Waals surface area contributed by atoms with Gasteiger partial charge in [-0.1, -0.05) is 328 Å². The minimum atomic E-state index is -4.97. The predicted octanol–water partition coefficient (Wildman–Crippen LogP) is 23.8. The molecule has 592 valence electrons. The van der Waals surface area contributed by atoms with Crippen molar-refractivity contribution in [1.82, 2.24) is 0 Å². The molecule has 0 aromatic heterocycles. The fourth-order valence-corrected chi connectivity index (χ4v) is 13.2. The lowest BCUT2D eigenvalue weighted by atomic mass is 10.00. The van der Waals surface area contributed by atoms with Gasteiger partial charge in [-0.2, -0.15) is 0 Å². The Hall–Kier alpha value is -2.98. The smallest absolute Gasteiger partial charge is 0.462 e. The van der Waals surface area contributed by atoms with Crippen LogP contribution in [-0.4, -0.2) is 96.7 Å². The van der Waals surface area contributed by atoms with Crippen molar-refractivity contribution in [2.75, 3.05) is 39.6 Å². The Kier molecular flexibility index (Phi) is 70.4. The number of esters is 4. The Morgan fingerprint density at radius 3 is 0.881 bits per heavy atom. The Morgan fingerprint density at radius 2 is 0.584 bits per heavy atom. The number of aliphatic hydroxyl groups excluding tert-OH is 1. The summed E-state index contributed by atoms with van der Waals surface area (Å²) in [6, 6.07) is 0. The number of allylic oxidation sites excluding steroid dienone is 8. The Morgan fingerprint density at radius 1 is 0.327 bits per heavy atom. The second-order valence-corrected chi connectivity index (χ2v) is 31.8. The average molecular weight is 1470 g/mol. The third-order valence-corrected chi connectivity index (χ3v) is 20.2. The number of rotatable bonds is 77. The summed E-state index contributed by atoms with van der Waals surface area (Å²) in [7, 11) is -9.95. The first-order valence-corrected chi connectivity index (χ1v) is 44.2. The van der Waals surface area contributed by atoms with Gasteiger partial charge >= 0.3 is 39.5 Å². The van der Waals surface area contributed by atoms with E-state index in [1.165, 1.54) is 167 Å². The number of unbranched alkanes of at least 4 members (excludes halogenated alkanes) is 40. The molecule has 6 atom stereocenters. The van der Waals surface area contributed by atoms with Crippen LogP contribution in [0, 0.1) is 11.8 Å². The first-order chi connectivity index (χ1) is 48.9. The van der Waals surface area contributed by atoms with E-state index in [2.05, 4.69) is 90.2 Å². The van der Waals surface area contributed by atoms with E-state index in [0.717, 1.165) is 134 Å². The minimum absolute atomic E-state index is 0.0817. The van der Waals surface area contributed by atoms with Gasteiger partial charge in [-0.25, -0.2) is 9.13 Å². The number of hydrogen-bond donors (Lipinski definition) is 3. The maximum absolute atomic E-state index is 13.1. The maximum atomic E-state index is 13.1. The van der Waals surface area contributed by atoms with Gasteiger partial charge in [-0.15, -0.1) is 0 Å². The third kappa shape index (κ3) is 73.7. The summed E-state index contributed by atoms with van der Waals surface area (Å²) in [6.45, 7) is 9.49. The molecule has 0 rings (SSSR count). The molecule has 0 fully saturated rings. The van der Waals surface area contributed by atoms with Crippen LogP contribution in [0.5, 0.6) is 0 Å². The van der Waals surface area contributed by atoms with E-state index < -0.39 is 97.5 Å². The van der Waals surface area contributed by atoms with Crippen LogP contribution in [0.4, 0.5) is 0 Å². The number of phosphoric ester groups is 2. The monoisotopic (exact) mass is 1470 g/mol. The van der Waals surface area contributed by atoms with Gasteiger partial charge in [0.15, 0.2) is 12.2 Å². The molecule has 0 bridgehead atoms. The fourth-order valence-electron chi connectivity index (χ4n) is 11.6. The molecule has 0 heterocycles. The molecule has 0 spiro atoms. The average Bonchev–Trinajstić information content (AvgIpc) is 0.943. The predicted molar refractivity (Wildman–Crippen MR) is 413 cm³/mol. The van der Waals surface area contributed by atoms with Crippen molar-refractivity contribution in [3.05, 3.63) is 48.6 Å². The van der Waals surface area contributed by atoms with Crippen molar-refractivity contribution in [2.24, 2.45) is 11.8 Å². The molecule has 19 heteroatoms. The zero-order chi connectivity index (χ0) is 74.2. The third-order valence-electron chi connectivity index (χ3n) is 18.3. The first-order valence-electron chi connectivity index (χ1n) is 41.2. The Bertz CT molecular complexity index is 2130. The van der Waals surface area contributed by atoms with Crippen molar-refractivity contribution >= 4 is 39.5 Å². The summed E-state index contributed by atoms with van der Waals surface area (Å²) in [5, 5.41) is 10.6. The quantitative estimate of drug-likeness (QED) is 0.0169. The summed E-state index contributed by atoms with van der Waals surface area (Å²) in [6.07, 6.45) is 68.3. The number of aliphatic hydroxyl groups is 1. The van der Waals surface area contributed by atoms with Gasteiger partial charge < -0.3 is 33.8 Å². The zero-order valence-electron chi connectivity index (χ0n) is 65.2. The molecule has 0 saturated heterocycles. The van der Waals surface area contributed by atoms with Crippen LogP contribution < -0.4 is 0 Å². The van der Waals surface area contributed by atoms with Crippen molar-refractivity contribution in [2.45, 2.75) is 400 Å². The minimum Gasteiger partial charge on any atom is -0.462 e.